The number of rotatable bonds is 3. The fraction of sp³-hybridized carbons (Fsp3) is 0.833. The lowest BCUT2D eigenvalue weighted by atomic mass is 9.51. The lowest BCUT2D eigenvalue weighted by Crippen LogP contribution is -2.45. The maximum absolute atomic E-state index is 3.63. The molecule has 0 radical (unpaired) electrons. The predicted octanol–water partition coefficient (Wildman–Crippen LogP) is 5.43. The van der Waals surface area contributed by atoms with Crippen molar-refractivity contribution in [2.45, 2.75) is 65.1 Å². The first-order chi connectivity index (χ1) is 8.90. The van der Waals surface area contributed by atoms with Gasteiger partial charge in [0.05, 0.1) is 8.07 Å². The van der Waals surface area contributed by atoms with E-state index in [2.05, 4.69) is 38.0 Å². The molecule has 0 aliphatic heterocycles. The molecule has 4 bridgehead atoms. The molecule has 4 fully saturated rings. The quantitative estimate of drug-likeness (QED) is 0.475. The normalized spacial score (nSPS) is 40.1. The van der Waals surface area contributed by atoms with Crippen molar-refractivity contribution in [2.24, 2.45) is 29.6 Å². The summed E-state index contributed by atoms with van der Waals surface area (Å²) in [5.41, 5.74) is 7.56. The molecule has 4 aliphatic rings. The fourth-order valence-electron chi connectivity index (χ4n) is 5.12. The van der Waals surface area contributed by atoms with E-state index in [1.54, 1.807) is 32.1 Å². The van der Waals surface area contributed by atoms with Gasteiger partial charge in [-0.05, 0) is 80.6 Å². The number of allylic oxidation sites excluding steroid dienone is 1. The first-order valence-corrected chi connectivity index (χ1v) is 11.9. The molecule has 0 spiro atoms. The predicted molar refractivity (Wildman–Crippen MR) is 85.8 cm³/mol. The minimum absolute atomic E-state index is 1.01. The maximum atomic E-state index is 3.63. The van der Waals surface area contributed by atoms with Crippen LogP contribution in [0, 0.1) is 29.6 Å². The molecule has 106 valence electrons. The number of hydrogen-bond acceptors (Lipinski definition) is 0. The fourth-order valence-corrected chi connectivity index (χ4v) is 5.80. The Bertz CT molecular complexity index is 378. The summed E-state index contributed by atoms with van der Waals surface area (Å²) >= 11 is 0. The second kappa shape index (κ2) is 4.93. The Labute approximate surface area is 120 Å². The third-order valence-corrected chi connectivity index (χ3v) is 6.73. The lowest BCUT2D eigenvalue weighted by molar-refractivity contribution is -0.0359. The molecule has 0 aromatic carbocycles. The van der Waals surface area contributed by atoms with Crippen molar-refractivity contribution in [3.63, 3.8) is 0 Å². The molecule has 0 nitrogen and oxygen atoms in total. The van der Waals surface area contributed by atoms with Crippen molar-refractivity contribution in [1.29, 1.82) is 0 Å². The van der Waals surface area contributed by atoms with Crippen molar-refractivity contribution in [2.75, 3.05) is 0 Å². The van der Waals surface area contributed by atoms with E-state index in [1.165, 1.54) is 12.0 Å². The van der Waals surface area contributed by atoms with Crippen LogP contribution in [0.3, 0.4) is 0 Å². The van der Waals surface area contributed by atoms with Crippen LogP contribution in [0.1, 0.15) is 45.4 Å². The Kier molecular flexibility index (Phi) is 3.56. The van der Waals surface area contributed by atoms with Crippen LogP contribution in [0.2, 0.25) is 19.6 Å². The molecule has 0 amide bonds. The zero-order valence-electron chi connectivity index (χ0n) is 13.2. The third-order valence-electron chi connectivity index (χ3n) is 5.72. The van der Waals surface area contributed by atoms with Gasteiger partial charge in [0.2, 0.25) is 0 Å². The van der Waals surface area contributed by atoms with Crippen molar-refractivity contribution >= 4 is 8.07 Å². The molecule has 0 aromatic heterocycles. The summed E-state index contributed by atoms with van der Waals surface area (Å²) in [4.78, 5) is 0. The van der Waals surface area contributed by atoms with Crippen molar-refractivity contribution in [3.8, 4) is 0 Å². The Morgan fingerprint density at radius 1 is 1.00 bits per heavy atom. The van der Waals surface area contributed by atoms with Crippen LogP contribution in [-0.4, -0.2) is 8.07 Å². The second-order valence-electron chi connectivity index (χ2n) is 8.73. The highest BCUT2D eigenvalue weighted by Gasteiger charge is 2.47. The SMILES string of the molecule is CC(=C=C[Si](C)(C)C)CC1C2CC3CC(C2)CC1C3. The van der Waals surface area contributed by atoms with Crippen LogP contribution in [-0.2, 0) is 0 Å². The van der Waals surface area contributed by atoms with Crippen LogP contribution in [0.5, 0.6) is 0 Å². The largest absolute Gasteiger partial charge is 0.131 e. The molecule has 1 heteroatoms. The first-order valence-electron chi connectivity index (χ1n) is 8.34. The average Bonchev–Trinajstić information content (AvgIpc) is 2.29. The summed E-state index contributed by atoms with van der Waals surface area (Å²) in [6.07, 6.45) is 9.15. The molecular formula is C18H30Si. The van der Waals surface area contributed by atoms with Gasteiger partial charge in [0.15, 0.2) is 0 Å². The van der Waals surface area contributed by atoms with Crippen LogP contribution in [0.15, 0.2) is 17.0 Å². The smallest absolute Gasteiger partial charge is 0.0781 e. The molecule has 4 aliphatic carbocycles. The zero-order chi connectivity index (χ0) is 13.6. The van der Waals surface area contributed by atoms with Gasteiger partial charge in [-0.3, -0.25) is 0 Å². The van der Waals surface area contributed by atoms with E-state index in [0.717, 1.165) is 29.6 Å². The highest BCUT2D eigenvalue weighted by molar-refractivity contribution is 6.80. The molecule has 0 unspecified atom stereocenters. The van der Waals surface area contributed by atoms with E-state index < -0.39 is 8.07 Å². The first kappa shape index (κ1) is 13.7. The molecule has 0 saturated heterocycles. The van der Waals surface area contributed by atoms with E-state index in [0.29, 0.717) is 0 Å². The van der Waals surface area contributed by atoms with Gasteiger partial charge < -0.3 is 0 Å². The summed E-state index contributed by atoms with van der Waals surface area (Å²) in [6, 6.07) is 0. The Morgan fingerprint density at radius 3 is 2.00 bits per heavy atom. The summed E-state index contributed by atoms with van der Waals surface area (Å²) < 4.78 is 0. The topological polar surface area (TPSA) is 0 Å². The average molecular weight is 275 g/mol. The van der Waals surface area contributed by atoms with Crippen LogP contribution in [0.4, 0.5) is 0 Å². The third kappa shape index (κ3) is 3.08. The molecule has 0 heterocycles. The van der Waals surface area contributed by atoms with Gasteiger partial charge in [0.25, 0.3) is 0 Å². The van der Waals surface area contributed by atoms with Gasteiger partial charge in [0, 0.05) is 0 Å². The van der Waals surface area contributed by atoms with Gasteiger partial charge in [-0.2, -0.15) is 0 Å². The Balaban J connectivity index is 1.69. The van der Waals surface area contributed by atoms with Crippen LogP contribution >= 0.6 is 0 Å². The second-order valence-corrected chi connectivity index (χ2v) is 13.8. The van der Waals surface area contributed by atoms with Gasteiger partial charge in [-0.25, -0.2) is 0 Å². The molecule has 4 saturated carbocycles. The van der Waals surface area contributed by atoms with Crippen LogP contribution < -0.4 is 0 Å². The van der Waals surface area contributed by atoms with Gasteiger partial charge in [-0.1, -0.05) is 25.3 Å². The van der Waals surface area contributed by atoms with Crippen molar-refractivity contribution < 1.29 is 0 Å². The van der Waals surface area contributed by atoms with E-state index in [1.807, 2.05) is 0 Å². The highest BCUT2D eigenvalue weighted by Crippen LogP contribution is 2.57. The van der Waals surface area contributed by atoms with Crippen LogP contribution in [0.25, 0.3) is 0 Å². The molecule has 4 rings (SSSR count). The minimum Gasteiger partial charge on any atom is -0.131 e. The number of hydrogen-bond donors (Lipinski definition) is 0. The lowest BCUT2D eigenvalue weighted by Gasteiger charge is -2.54. The summed E-state index contributed by atoms with van der Waals surface area (Å²) in [5, 5.41) is 0. The van der Waals surface area contributed by atoms with Crippen molar-refractivity contribution in [3.05, 3.63) is 17.0 Å². The molecule has 0 aromatic rings. The van der Waals surface area contributed by atoms with Gasteiger partial charge in [0.1, 0.15) is 0 Å². The van der Waals surface area contributed by atoms with Gasteiger partial charge >= 0.3 is 0 Å². The standard InChI is InChI=1S/C18H30Si/c1-13(5-6-19(2,3)4)7-18-16-9-14-8-15(11-16)12-17(18)10-14/h6,14-18H,7-12H2,1-4H3. The highest BCUT2D eigenvalue weighted by atomic mass is 28.3. The molecule has 0 atom stereocenters. The summed E-state index contributed by atoms with van der Waals surface area (Å²) in [7, 11) is -1.07. The summed E-state index contributed by atoms with van der Waals surface area (Å²) in [6.45, 7) is 9.52. The van der Waals surface area contributed by atoms with Crippen molar-refractivity contribution in [1.82, 2.24) is 0 Å². The zero-order valence-corrected chi connectivity index (χ0v) is 14.2. The molecular weight excluding hydrogens is 244 g/mol. The van der Waals surface area contributed by atoms with E-state index >= 15 is 0 Å². The van der Waals surface area contributed by atoms with E-state index in [-0.39, 0.29) is 0 Å². The minimum atomic E-state index is -1.07. The Morgan fingerprint density at radius 2 is 1.53 bits per heavy atom. The Hall–Kier alpha value is -0.263. The maximum Gasteiger partial charge on any atom is 0.0781 e. The molecule has 19 heavy (non-hydrogen) atoms. The molecule has 0 N–H and O–H groups in total. The summed E-state index contributed by atoms with van der Waals surface area (Å²) in [5.74, 6) is 5.37. The van der Waals surface area contributed by atoms with E-state index in [4.69, 9.17) is 0 Å². The monoisotopic (exact) mass is 274 g/mol. The van der Waals surface area contributed by atoms with Gasteiger partial charge in [-0.15, -0.1) is 5.73 Å². The van der Waals surface area contributed by atoms with E-state index in [9.17, 15) is 0 Å².